The second-order valence-electron chi connectivity index (χ2n) is 4.34. The van der Waals surface area contributed by atoms with Crippen LogP contribution in [0.5, 0.6) is 0 Å². The van der Waals surface area contributed by atoms with E-state index in [4.69, 9.17) is 5.11 Å². The van der Waals surface area contributed by atoms with E-state index in [1.54, 1.807) is 10.9 Å². The topological polar surface area (TPSA) is 84.2 Å². The molecule has 6 nitrogen and oxygen atoms in total. The standard InChI is InChI=1S/C14H15N3O3/c1-2-5-11(14(19)20)16-13(18)8-17-9-15-10-6-3-4-7-12(10)17/h2-4,6-7,9,11H,1,5,8H2,(H,16,18)(H,19,20). The average molecular weight is 273 g/mol. The van der Waals surface area contributed by atoms with Crippen LogP contribution in [-0.4, -0.2) is 32.6 Å². The maximum absolute atomic E-state index is 11.9. The van der Waals surface area contributed by atoms with Crippen LogP contribution in [0.2, 0.25) is 0 Å². The molecule has 20 heavy (non-hydrogen) atoms. The summed E-state index contributed by atoms with van der Waals surface area (Å²) in [5.41, 5.74) is 1.62. The molecule has 1 aromatic heterocycles. The number of hydrogen-bond donors (Lipinski definition) is 2. The summed E-state index contributed by atoms with van der Waals surface area (Å²) in [5.74, 6) is -1.45. The zero-order chi connectivity index (χ0) is 14.5. The molecule has 0 fully saturated rings. The van der Waals surface area contributed by atoms with Gasteiger partial charge in [0.05, 0.1) is 17.4 Å². The third kappa shape index (κ3) is 3.03. The Labute approximate surface area is 115 Å². The number of carboxylic acid groups (broad SMARTS) is 1. The normalized spacial score (nSPS) is 12.0. The second kappa shape index (κ2) is 6.01. The Bertz CT molecular complexity index is 648. The highest BCUT2D eigenvalue weighted by atomic mass is 16.4. The van der Waals surface area contributed by atoms with Crippen molar-refractivity contribution in [2.24, 2.45) is 0 Å². The molecule has 2 rings (SSSR count). The lowest BCUT2D eigenvalue weighted by Crippen LogP contribution is -2.41. The van der Waals surface area contributed by atoms with Gasteiger partial charge in [-0.2, -0.15) is 0 Å². The van der Waals surface area contributed by atoms with Gasteiger partial charge >= 0.3 is 5.97 Å². The third-order valence-corrected chi connectivity index (χ3v) is 2.88. The van der Waals surface area contributed by atoms with Crippen LogP contribution in [-0.2, 0) is 16.1 Å². The molecule has 104 valence electrons. The van der Waals surface area contributed by atoms with E-state index in [1.807, 2.05) is 24.3 Å². The van der Waals surface area contributed by atoms with Crippen molar-refractivity contribution in [1.82, 2.24) is 14.9 Å². The third-order valence-electron chi connectivity index (χ3n) is 2.88. The molecule has 0 saturated carbocycles. The van der Waals surface area contributed by atoms with Gasteiger partial charge in [-0.1, -0.05) is 18.2 Å². The van der Waals surface area contributed by atoms with Crippen molar-refractivity contribution in [3.8, 4) is 0 Å². The van der Waals surface area contributed by atoms with Gasteiger partial charge in [0, 0.05) is 0 Å². The number of aliphatic carboxylic acids is 1. The summed E-state index contributed by atoms with van der Waals surface area (Å²) >= 11 is 0. The van der Waals surface area contributed by atoms with E-state index >= 15 is 0 Å². The minimum absolute atomic E-state index is 0.0292. The zero-order valence-electron chi connectivity index (χ0n) is 10.8. The molecule has 0 radical (unpaired) electrons. The molecule has 0 bridgehead atoms. The van der Waals surface area contributed by atoms with Crippen LogP contribution in [0.3, 0.4) is 0 Å². The smallest absolute Gasteiger partial charge is 0.326 e. The van der Waals surface area contributed by atoms with Gasteiger partial charge in [-0.3, -0.25) is 4.79 Å². The van der Waals surface area contributed by atoms with Crippen LogP contribution in [0.4, 0.5) is 0 Å². The van der Waals surface area contributed by atoms with Crippen molar-refractivity contribution in [3.63, 3.8) is 0 Å². The van der Waals surface area contributed by atoms with Crippen molar-refractivity contribution in [2.75, 3.05) is 0 Å². The number of benzene rings is 1. The quantitative estimate of drug-likeness (QED) is 0.774. The number of imidazole rings is 1. The Balaban J connectivity index is 2.07. The first-order valence-electron chi connectivity index (χ1n) is 6.14. The molecule has 1 unspecified atom stereocenters. The van der Waals surface area contributed by atoms with E-state index in [2.05, 4.69) is 16.9 Å². The highest BCUT2D eigenvalue weighted by Gasteiger charge is 2.18. The number of fused-ring (bicyclic) bond motifs is 1. The highest BCUT2D eigenvalue weighted by Crippen LogP contribution is 2.11. The van der Waals surface area contributed by atoms with Crippen molar-refractivity contribution < 1.29 is 14.7 Å². The van der Waals surface area contributed by atoms with Crippen LogP contribution in [0, 0.1) is 0 Å². The minimum atomic E-state index is -1.08. The Morgan fingerprint density at radius 1 is 1.45 bits per heavy atom. The fourth-order valence-electron chi connectivity index (χ4n) is 1.92. The zero-order valence-corrected chi connectivity index (χ0v) is 10.8. The number of carbonyl (C=O) groups excluding carboxylic acids is 1. The van der Waals surface area contributed by atoms with Crippen LogP contribution in [0.15, 0.2) is 43.2 Å². The summed E-state index contributed by atoms with van der Waals surface area (Å²) in [5, 5.41) is 11.4. The van der Waals surface area contributed by atoms with E-state index in [0.29, 0.717) is 0 Å². The maximum Gasteiger partial charge on any atom is 0.326 e. The molecule has 1 heterocycles. The number of nitrogens with one attached hydrogen (secondary N) is 1. The number of rotatable bonds is 6. The molecule has 2 N–H and O–H groups in total. The molecule has 1 aromatic carbocycles. The number of amides is 1. The lowest BCUT2D eigenvalue weighted by molar-refractivity contribution is -0.141. The first-order chi connectivity index (χ1) is 9.61. The Hall–Kier alpha value is -2.63. The Morgan fingerprint density at radius 2 is 2.20 bits per heavy atom. The molecule has 0 aliphatic rings. The van der Waals surface area contributed by atoms with E-state index in [0.717, 1.165) is 11.0 Å². The van der Waals surface area contributed by atoms with E-state index in [9.17, 15) is 9.59 Å². The molecule has 1 atom stereocenters. The predicted molar refractivity (Wildman–Crippen MR) is 74.1 cm³/mol. The molecular formula is C14H15N3O3. The largest absolute Gasteiger partial charge is 0.480 e. The van der Waals surface area contributed by atoms with Gasteiger partial charge < -0.3 is 15.0 Å². The van der Waals surface area contributed by atoms with Gasteiger partial charge in [0.2, 0.25) is 5.91 Å². The lowest BCUT2D eigenvalue weighted by atomic mass is 10.2. The van der Waals surface area contributed by atoms with Gasteiger partial charge in [0.15, 0.2) is 0 Å². The van der Waals surface area contributed by atoms with E-state index in [1.165, 1.54) is 6.08 Å². The van der Waals surface area contributed by atoms with Gasteiger partial charge in [-0.05, 0) is 18.6 Å². The summed E-state index contributed by atoms with van der Waals surface area (Å²) in [7, 11) is 0. The summed E-state index contributed by atoms with van der Waals surface area (Å²) in [6.07, 6.45) is 3.21. The molecule has 1 amide bonds. The molecule has 0 aliphatic heterocycles. The van der Waals surface area contributed by atoms with Crippen LogP contribution in [0.25, 0.3) is 11.0 Å². The van der Waals surface area contributed by atoms with Gasteiger partial charge in [0.25, 0.3) is 0 Å². The average Bonchev–Trinajstić information content (AvgIpc) is 2.81. The van der Waals surface area contributed by atoms with Crippen molar-refractivity contribution in [3.05, 3.63) is 43.2 Å². The van der Waals surface area contributed by atoms with Crippen molar-refractivity contribution >= 4 is 22.9 Å². The minimum Gasteiger partial charge on any atom is -0.480 e. The fraction of sp³-hybridized carbons (Fsp3) is 0.214. The van der Waals surface area contributed by atoms with Crippen LogP contribution in [0.1, 0.15) is 6.42 Å². The SMILES string of the molecule is C=CCC(NC(=O)Cn1cnc2ccccc21)C(=O)O. The summed E-state index contributed by atoms with van der Waals surface area (Å²) in [6, 6.07) is 6.48. The number of carbonyl (C=O) groups is 2. The number of carboxylic acids is 1. The first kappa shape index (κ1) is 13.8. The van der Waals surface area contributed by atoms with Gasteiger partial charge in [-0.15, -0.1) is 6.58 Å². The monoisotopic (exact) mass is 273 g/mol. The molecular weight excluding hydrogens is 258 g/mol. The molecule has 0 saturated heterocycles. The molecule has 0 spiro atoms. The molecule has 0 aliphatic carbocycles. The van der Waals surface area contributed by atoms with Crippen LogP contribution < -0.4 is 5.32 Å². The van der Waals surface area contributed by atoms with Crippen molar-refractivity contribution in [1.29, 1.82) is 0 Å². The molecule has 2 aromatic rings. The first-order valence-corrected chi connectivity index (χ1v) is 6.14. The Morgan fingerprint density at radius 3 is 2.90 bits per heavy atom. The number of nitrogens with zero attached hydrogens (tertiary/aromatic N) is 2. The van der Waals surface area contributed by atoms with Crippen molar-refractivity contribution in [2.45, 2.75) is 19.0 Å². The number of hydrogen-bond acceptors (Lipinski definition) is 3. The summed E-state index contributed by atoms with van der Waals surface area (Å²) in [4.78, 5) is 27.0. The highest BCUT2D eigenvalue weighted by molar-refractivity contribution is 5.85. The second-order valence-corrected chi connectivity index (χ2v) is 4.34. The number of aromatic nitrogens is 2. The maximum atomic E-state index is 11.9. The fourth-order valence-corrected chi connectivity index (χ4v) is 1.92. The van der Waals surface area contributed by atoms with Crippen LogP contribution >= 0.6 is 0 Å². The van der Waals surface area contributed by atoms with Gasteiger partial charge in [-0.25, -0.2) is 9.78 Å². The summed E-state index contributed by atoms with van der Waals surface area (Å²) in [6.45, 7) is 3.51. The van der Waals surface area contributed by atoms with Gasteiger partial charge in [0.1, 0.15) is 12.6 Å². The summed E-state index contributed by atoms with van der Waals surface area (Å²) < 4.78 is 1.68. The predicted octanol–water partition coefficient (Wildman–Crippen LogP) is 1.18. The lowest BCUT2D eigenvalue weighted by Gasteiger charge is -2.13. The van der Waals surface area contributed by atoms with E-state index < -0.39 is 12.0 Å². The Kier molecular flexibility index (Phi) is 4.14. The van der Waals surface area contributed by atoms with E-state index in [-0.39, 0.29) is 18.9 Å². The molecule has 6 heteroatoms. The number of para-hydroxylation sites is 2.